The molecular weight excluding hydrogens is 438 g/mol. The number of rotatable bonds is 5. The average Bonchev–Trinajstić information content (AvgIpc) is 3.40. The van der Waals surface area contributed by atoms with E-state index in [1.165, 1.54) is 23.5 Å². The molecule has 0 fully saturated rings. The summed E-state index contributed by atoms with van der Waals surface area (Å²) in [6.07, 6.45) is 0. The van der Waals surface area contributed by atoms with Crippen LogP contribution < -0.4 is 5.73 Å². The van der Waals surface area contributed by atoms with Gasteiger partial charge in [-0.3, -0.25) is 10.1 Å². The number of hydrogen-bond acceptors (Lipinski definition) is 7. The second-order valence-electron chi connectivity index (χ2n) is 7.28. The second-order valence-corrected chi connectivity index (χ2v) is 8.17. The maximum Gasteiger partial charge on any atom is 0.270 e. The van der Waals surface area contributed by atoms with Crippen LogP contribution in [0.15, 0.2) is 83.2 Å². The van der Waals surface area contributed by atoms with E-state index in [0.717, 1.165) is 16.8 Å². The van der Waals surface area contributed by atoms with Gasteiger partial charge in [0.2, 0.25) is 0 Å². The number of nitro groups is 1. The first kappa shape index (κ1) is 20.4. The van der Waals surface area contributed by atoms with Crippen molar-refractivity contribution in [3.63, 3.8) is 0 Å². The zero-order chi connectivity index (χ0) is 22.9. The molecular formula is C24H17N5O3S. The van der Waals surface area contributed by atoms with Gasteiger partial charge in [-0.05, 0) is 18.2 Å². The van der Waals surface area contributed by atoms with Crippen LogP contribution in [0.25, 0.3) is 22.2 Å². The SMILES string of the molecule is Nc1nc(-c2ccc(N=C(c3ccccc3)c3c(O)[nH]c4ccc([N+](=O)[O-])cc34)cc2)cs1. The number of nitrogens with one attached hydrogen (secondary N) is 1. The highest BCUT2D eigenvalue weighted by Gasteiger charge is 2.20. The van der Waals surface area contributed by atoms with Gasteiger partial charge in [-0.1, -0.05) is 42.5 Å². The van der Waals surface area contributed by atoms with E-state index in [4.69, 9.17) is 10.7 Å². The number of hydrogen-bond donors (Lipinski definition) is 3. The third-order valence-electron chi connectivity index (χ3n) is 5.18. The topological polar surface area (TPSA) is 130 Å². The van der Waals surface area contributed by atoms with Crippen LogP contribution in [-0.4, -0.2) is 25.7 Å². The summed E-state index contributed by atoms with van der Waals surface area (Å²) in [7, 11) is 0. The molecule has 33 heavy (non-hydrogen) atoms. The van der Waals surface area contributed by atoms with Crippen molar-refractivity contribution in [2.75, 3.05) is 5.73 Å². The highest BCUT2D eigenvalue weighted by atomic mass is 32.1. The van der Waals surface area contributed by atoms with Gasteiger partial charge in [0, 0.05) is 39.5 Å². The van der Waals surface area contributed by atoms with Gasteiger partial charge in [0.15, 0.2) is 11.0 Å². The third-order valence-corrected chi connectivity index (χ3v) is 5.86. The molecule has 4 N–H and O–H groups in total. The molecule has 0 unspecified atom stereocenters. The number of aromatic nitrogens is 2. The Balaban J connectivity index is 1.66. The van der Waals surface area contributed by atoms with Gasteiger partial charge in [-0.25, -0.2) is 9.98 Å². The Morgan fingerprint density at radius 1 is 1.09 bits per heavy atom. The van der Waals surface area contributed by atoms with E-state index in [1.807, 2.05) is 60.0 Å². The number of aliphatic imine (C=N–C) groups is 1. The fourth-order valence-electron chi connectivity index (χ4n) is 3.64. The molecule has 0 atom stereocenters. The molecule has 5 aromatic rings. The lowest BCUT2D eigenvalue weighted by Gasteiger charge is -2.08. The Hall–Kier alpha value is -4.50. The van der Waals surface area contributed by atoms with Crippen molar-refractivity contribution < 1.29 is 10.0 Å². The predicted octanol–water partition coefficient (Wildman–Crippen LogP) is 5.66. The minimum atomic E-state index is -0.462. The standard InChI is InChI=1S/C24H17N5O3S/c25-24-28-20(13-33-24)14-6-8-16(9-7-14)26-22(15-4-2-1-3-5-15)21-18-12-17(29(31)32)10-11-19(18)27-23(21)30/h1-13,27,30H,(H2,25,28). The molecule has 0 amide bonds. The number of fused-ring (bicyclic) bond motifs is 1. The lowest BCUT2D eigenvalue weighted by atomic mass is 10.0. The molecule has 0 spiro atoms. The predicted molar refractivity (Wildman–Crippen MR) is 130 cm³/mol. The summed E-state index contributed by atoms with van der Waals surface area (Å²) in [5.41, 5.74) is 10.3. The van der Waals surface area contributed by atoms with Crippen molar-refractivity contribution in [2.24, 2.45) is 4.99 Å². The molecule has 0 aliphatic heterocycles. The molecule has 2 aromatic heterocycles. The number of aromatic amines is 1. The van der Waals surface area contributed by atoms with Crippen molar-refractivity contribution in [3.05, 3.63) is 99.4 Å². The summed E-state index contributed by atoms with van der Waals surface area (Å²) in [5, 5.41) is 25.0. The largest absolute Gasteiger partial charge is 0.494 e. The van der Waals surface area contributed by atoms with Gasteiger partial charge in [-0.15, -0.1) is 11.3 Å². The zero-order valence-corrected chi connectivity index (χ0v) is 17.9. The van der Waals surface area contributed by atoms with Gasteiger partial charge in [-0.2, -0.15) is 0 Å². The number of nitro benzene ring substituents is 1. The average molecular weight is 455 g/mol. The van der Waals surface area contributed by atoms with E-state index in [-0.39, 0.29) is 11.6 Å². The quantitative estimate of drug-likeness (QED) is 0.179. The fraction of sp³-hybridized carbons (Fsp3) is 0. The van der Waals surface area contributed by atoms with E-state index in [1.54, 1.807) is 6.07 Å². The molecule has 5 rings (SSSR count). The van der Waals surface area contributed by atoms with Gasteiger partial charge < -0.3 is 15.8 Å². The molecule has 8 nitrogen and oxygen atoms in total. The lowest BCUT2D eigenvalue weighted by molar-refractivity contribution is -0.384. The number of benzene rings is 3. The van der Waals surface area contributed by atoms with Gasteiger partial charge in [0.25, 0.3) is 5.69 Å². The van der Waals surface area contributed by atoms with E-state index in [2.05, 4.69) is 9.97 Å². The van der Waals surface area contributed by atoms with Crippen LogP contribution in [0.3, 0.4) is 0 Å². The molecule has 0 aliphatic rings. The second kappa shape index (κ2) is 8.21. The summed E-state index contributed by atoms with van der Waals surface area (Å²) in [6.45, 7) is 0. The van der Waals surface area contributed by atoms with Crippen LogP contribution in [0, 0.1) is 10.1 Å². The molecule has 0 saturated carbocycles. The Labute approximate surface area is 191 Å². The van der Waals surface area contributed by atoms with E-state index < -0.39 is 4.92 Å². The number of nitrogens with two attached hydrogens (primary N) is 1. The summed E-state index contributed by atoms with van der Waals surface area (Å²) in [5.74, 6) is -0.109. The van der Waals surface area contributed by atoms with Gasteiger partial charge in [0.1, 0.15) is 0 Å². The monoisotopic (exact) mass is 455 g/mol. The molecule has 162 valence electrons. The first-order valence-electron chi connectivity index (χ1n) is 9.94. The molecule has 9 heteroatoms. The first-order valence-corrected chi connectivity index (χ1v) is 10.8. The van der Waals surface area contributed by atoms with E-state index in [0.29, 0.717) is 33.0 Å². The summed E-state index contributed by atoms with van der Waals surface area (Å²) in [4.78, 5) is 22.9. The van der Waals surface area contributed by atoms with Crippen LogP contribution in [0.5, 0.6) is 5.88 Å². The molecule has 0 bridgehead atoms. The third kappa shape index (κ3) is 3.92. The van der Waals surface area contributed by atoms with Gasteiger partial charge >= 0.3 is 0 Å². The van der Waals surface area contributed by atoms with Crippen LogP contribution >= 0.6 is 11.3 Å². The molecule has 0 saturated heterocycles. The number of nitrogen functional groups attached to an aromatic ring is 1. The molecule has 0 radical (unpaired) electrons. The number of nitrogens with zero attached hydrogens (tertiary/aromatic N) is 3. The lowest BCUT2D eigenvalue weighted by Crippen LogP contribution is -2.03. The Kier molecular flexibility index (Phi) is 5.08. The van der Waals surface area contributed by atoms with Crippen molar-refractivity contribution in [1.82, 2.24) is 9.97 Å². The van der Waals surface area contributed by atoms with Crippen LogP contribution in [-0.2, 0) is 0 Å². The van der Waals surface area contributed by atoms with Crippen molar-refractivity contribution in [1.29, 1.82) is 0 Å². The molecule has 0 aliphatic carbocycles. The van der Waals surface area contributed by atoms with Gasteiger partial charge in [0.05, 0.1) is 27.6 Å². The van der Waals surface area contributed by atoms with Crippen molar-refractivity contribution in [2.45, 2.75) is 0 Å². The van der Waals surface area contributed by atoms with Crippen molar-refractivity contribution in [3.8, 4) is 17.1 Å². The number of H-pyrrole nitrogens is 1. The maximum absolute atomic E-state index is 11.3. The Morgan fingerprint density at radius 3 is 2.52 bits per heavy atom. The Bertz CT molecular complexity index is 1500. The van der Waals surface area contributed by atoms with Crippen LogP contribution in [0.4, 0.5) is 16.5 Å². The minimum absolute atomic E-state index is 0.0675. The number of aromatic hydroxyl groups is 1. The van der Waals surface area contributed by atoms with E-state index in [9.17, 15) is 15.2 Å². The molecule has 3 aromatic carbocycles. The number of thiazole rings is 1. The highest BCUT2D eigenvalue weighted by Crippen LogP contribution is 2.34. The summed E-state index contributed by atoms with van der Waals surface area (Å²) >= 11 is 1.38. The summed E-state index contributed by atoms with van der Waals surface area (Å²) < 4.78 is 0. The number of anilines is 1. The van der Waals surface area contributed by atoms with E-state index >= 15 is 0 Å². The maximum atomic E-state index is 11.3. The normalized spacial score (nSPS) is 11.7. The number of non-ortho nitro benzene ring substituents is 1. The summed E-state index contributed by atoms with van der Waals surface area (Å²) in [6, 6.07) is 21.3. The fourth-order valence-corrected chi connectivity index (χ4v) is 4.21. The van der Waals surface area contributed by atoms with Crippen LogP contribution in [0.2, 0.25) is 0 Å². The minimum Gasteiger partial charge on any atom is -0.494 e. The smallest absolute Gasteiger partial charge is 0.270 e. The zero-order valence-electron chi connectivity index (χ0n) is 17.1. The highest BCUT2D eigenvalue weighted by molar-refractivity contribution is 7.13. The molecule has 2 heterocycles. The van der Waals surface area contributed by atoms with Crippen molar-refractivity contribution >= 4 is 44.5 Å². The Morgan fingerprint density at radius 2 is 1.85 bits per heavy atom. The van der Waals surface area contributed by atoms with Crippen LogP contribution in [0.1, 0.15) is 11.1 Å². The first-order chi connectivity index (χ1) is 16.0.